The van der Waals surface area contributed by atoms with Crippen LogP contribution in [0.5, 0.6) is 11.5 Å². The van der Waals surface area contributed by atoms with Crippen LogP contribution in [0.2, 0.25) is 0 Å². The van der Waals surface area contributed by atoms with E-state index in [1.54, 1.807) is 25.1 Å². The maximum absolute atomic E-state index is 13.9. The van der Waals surface area contributed by atoms with E-state index in [1.165, 1.54) is 20.3 Å². The molecule has 0 aliphatic rings. The van der Waals surface area contributed by atoms with Crippen LogP contribution in [0.15, 0.2) is 30.3 Å². The first-order valence-electron chi connectivity index (χ1n) is 6.29. The minimum Gasteiger partial charge on any atom is -0.493 e. The van der Waals surface area contributed by atoms with Gasteiger partial charge < -0.3 is 9.47 Å². The summed E-state index contributed by atoms with van der Waals surface area (Å²) in [6.07, 6.45) is 0. The lowest BCUT2D eigenvalue weighted by molar-refractivity contribution is 0.354. The molecule has 0 bridgehead atoms. The van der Waals surface area contributed by atoms with Gasteiger partial charge in [0.15, 0.2) is 11.5 Å². The molecule has 0 heterocycles. The number of alkyl halides is 1. The van der Waals surface area contributed by atoms with Crippen molar-refractivity contribution in [2.75, 3.05) is 14.2 Å². The Balaban J connectivity index is 2.45. The van der Waals surface area contributed by atoms with E-state index in [9.17, 15) is 8.78 Å². The molecule has 2 nitrogen and oxygen atoms in total. The van der Waals surface area contributed by atoms with Crippen molar-refractivity contribution in [2.45, 2.75) is 12.3 Å². The second kappa shape index (κ2) is 6.31. The first kappa shape index (κ1) is 15.6. The predicted octanol–water partition coefficient (Wildman–Crippen LogP) is 4.62. The fraction of sp³-hybridized carbons (Fsp3) is 0.250. The highest BCUT2D eigenvalue weighted by atomic mass is 35.5. The van der Waals surface area contributed by atoms with Gasteiger partial charge in [-0.05, 0) is 36.2 Å². The Bertz CT molecular complexity index is 659. The van der Waals surface area contributed by atoms with Gasteiger partial charge in [0.25, 0.3) is 0 Å². The summed E-state index contributed by atoms with van der Waals surface area (Å²) >= 11 is 6.33. The van der Waals surface area contributed by atoms with Crippen LogP contribution in [-0.4, -0.2) is 14.2 Å². The van der Waals surface area contributed by atoms with Gasteiger partial charge in [-0.15, -0.1) is 11.6 Å². The third-order valence-electron chi connectivity index (χ3n) is 3.25. The zero-order valence-corrected chi connectivity index (χ0v) is 12.7. The van der Waals surface area contributed by atoms with Crippen LogP contribution in [0.3, 0.4) is 0 Å². The third kappa shape index (κ3) is 3.10. The molecule has 2 aromatic rings. The molecular weight excluding hydrogens is 298 g/mol. The standard InChI is InChI=1S/C16H15ClF2O2/c1-9-6-11(13(19)8-12(9)18)16(17)10-4-5-14(20-2)15(7-10)21-3/h4-8,16H,1-3H3. The number of rotatable bonds is 4. The van der Waals surface area contributed by atoms with Crippen LogP contribution < -0.4 is 9.47 Å². The second-order valence-electron chi connectivity index (χ2n) is 4.60. The number of halogens is 3. The number of methoxy groups -OCH3 is 2. The molecule has 0 spiro atoms. The maximum Gasteiger partial charge on any atom is 0.161 e. The third-order valence-corrected chi connectivity index (χ3v) is 3.74. The Hall–Kier alpha value is -1.81. The van der Waals surface area contributed by atoms with Gasteiger partial charge in [0.05, 0.1) is 19.6 Å². The average Bonchev–Trinajstić information content (AvgIpc) is 2.49. The maximum atomic E-state index is 13.9. The summed E-state index contributed by atoms with van der Waals surface area (Å²) in [4.78, 5) is 0. The number of benzene rings is 2. The lowest BCUT2D eigenvalue weighted by atomic mass is 10.0. The molecular formula is C16H15ClF2O2. The van der Waals surface area contributed by atoms with Crippen molar-refractivity contribution in [1.29, 1.82) is 0 Å². The van der Waals surface area contributed by atoms with Crippen molar-refractivity contribution in [2.24, 2.45) is 0 Å². The van der Waals surface area contributed by atoms with Crippen LogP contribution in [0.4, 0.5) is 8.78 Å². The predicted molar refractivity (Wildman–Crippen MR) is 78.3 cm³/mol. The van der Waals surface area contributed by atoms with Gasteiger partial charge in [0, 0.05) is 11.6 Å². The van der Waals surface area contributed by atoms with Crippen LogP contribution in [-0.2, 0) is 0 Å². The molecule has 0 fully saturated rings. The van der Waals surface area contributed by atoms with E-state index in [-0.39, 0.29) is 5.56 Å². The van der Waals surface area contributed by atoms with Crippen LogP contribution in [0, 0.1) is 18.6 Å². The molecule has 0 aromatic heterocycles. The molecule has 0 aliphatic heterocycles. The monoisotopic (exact) mass is 312 g/mol. The Kier molecular flexibility index (Phi) is 4.68. The number of aryl methyl sites for hydroxylation is 1. The number of hydrogen-bond donors (Lipinski definition) is 0. The van der Waals surface area contributed by atoms with Gasteiger partial charge in [-0.1, -0.05) is 6.07 Å². The molecule has 0 saturated carbocycles. The molecule has 1 atom stereocenters. The summed E-state index contributed by atoms with van der Waals surface area (Å²) in [5, 5.41) is -0.746. The lowest BCUT2D eigenvalue weighted by Crippen LogP contribution is -2.01. The van der Waals surface area contributed by atoms with Crippen molar-refractivity contribution in [3.63, 3.8) is 0 Å². The summed E-state index contributed by atoms with van der Waals surface area (Å²) in [5.41, 5.74) is 1.21. The van der Waals surface area contributed by atoms with E-state index in [1.807, 2.05) is 0 Å². The van der Waals surface area contributed by atoms with E-state index in [4.69, 9.17) is 21.1 Å². The number of ether oxygens (including phenoxy) is 2. The van der Waals surface area contributed by atoms with Gasteiger partial charge in [0.1, 0.15) is 11.6 Å². The fourth-order valence-corrected chi connectivity index (χ4v) is 2.37. The minimum atomic E-state index is -0.746. The van der Waals surface area contributed by atoms with E-state index in [2.05, 4.69) is 0 Å². The first-order chi connectivity index (χ1) is 9.97. The number of hydrogen-bond acceptors (Lipinski definition) is 2. The second-order valence-corrected chi connectivity index (χ2v) is 5.04. The van der Waals surface area contributed by atoms with Gasteiger partial charge in [-0.2, -0.15) is 0 Å². The normalized spacial score (nSPS) is 12.1. The fourth-order valence-electron chi connectivity index (χ4n) is 2.06. The van der Waals surface area contributed by atoms with Crippen LogP contribution in [0.25, 0.3) is 0 Å². The molecule has 0 amide bonds. The van der Waals surface area contributed by atoms with Crippen molar-refractivity contribution >= 4 is 11.6 Å². The zero-order chi connectivity index (χ0) is 15.6. The molecule has 2 rings (SSSR count). The topological polar surface area (TPSA) is 18.5 Å². The Morgan fingerprint density at radius 2 is 1.62 bits per heavy atom. The summed E-state index contributed by atoms with van der Waals surface area (Å²) in [5.74, 6) is -0.207. The van der Waals surface area contributed by atoms with E-state index in [0.717, 1.165) is 6.07 Å². The van der Waals surface area contributed by atoms with E-state index >= 15 is 0 Å². The molecule has 0 N–H and O–H groups in total. The van der Waals surface area contributed by atoms with Gasteiger partial charge >= 0.3 is 0 Å². The minimum absolute atomic E-state index is 0.225. The van der Waals surface area contributed by atoms with Gasteiger partial charge in [-0.3, -0.25) is 0 Å². The Labute approximate surface area is 127 Å². The SMILES string of the molecule is COc1ccc(C(Cl)c2cc(C)c(F)cc2F)cc1OC. The summed E-state index contributed by atoms with van der Waals surface area (Å²) < 4.78 is 37.6. The molecule has 0 radical (unpaired) electrons. The van der Waals surface area contributed by atoms with Gasteiger partial charge in [-0.25, -0.2) is 8.78 Å². The largest absolute Gasteiger partial charge is 0.493 e. The highest BCUT2D eigenvalue weighted by Gasteiger charge is 2.19. The molecule has 5 heteroatoms. The molecule has 1 unspecified atom stereocenters. The molecule has 21 heavy (non-hydrogen) atoms. The van der Waals surface area contributed by atoms with Crippen molar-refractivity contribution in [3.8, 4) is 11.5 Å². The zero-order valence-electron chi connectivity index (χ0n) is 11.9. The summed E-state index contributed by atoms with van der Waals surface area (Å²) in [6, 6.07) is 7.35. The molecule has 2 aromatic carbocycles. The lowest BCUT2D eigenvalue weighted by Gasteiger charge is -2.15. The molecule has 112 valence electrons. The Morgan fingerprint density at radius 3 is 2.24 bits per heavy atom. The quantitative estimate of drug-likeness (QED) is 0.767. The van der Waals surface area contributed by atoms with Gasteiger partial charge in [0.2, 0.25) is 0 Å². The van der Waals surface area contributed by atoms with Crippen LogP contribution in [0.1, 0.15) is 22.1 Å². The Morgan fingerprint density at radius 1 is 0.952 bits per heavy atom. The van der Waals surface area contributed by atoms with Crippen molar-refractivity contribution in [1.82, 2.24) is 0 Å². The van der Waals surface area contributed by atoms with E-state index in [0.29, 0.717) is 22.6 Å². The highest BCUT2D eigenvalue weighted by Crippen LogP contribution is 2.36. The van der Waals surface area contributed by atoms with Crippen molar-refractivity contribution < 1.29 is 18.3 Å². The summed E-state index contributed by atoms with van der Waals surface area (Å²) in [6.45, 7) is 1.57. The summed E-state index contributed by atoms with van der Waals surface area (Å²) in [7, 11) is 3.03. The smallest absolute Gasteiger partial charge is 0.161 e. The van der Waals surface area contributed by atoms with Crippen molar-refractivity contribution in [3.05, 3.63) is 58.7 Å². The molecule has 0 saturated heterocycles. The average molecular weight is 313 g/mol. The van der Waals surface area contributed by atoms with E-state index < -0.39 is 17.0 Å². The van der Waals surface area contributed by atoms with Crippen LogP contribution >= 0.6 is 11.6 Å². The molecule has 0 aliphatic carbocycles. The first-order valence-corrected chi connectivity index (χ1v) is 6.73. The highest BCUT2D eigenvalue weighted by molar-refractivity contribution is 6.22.